The first-order valence-electron chi connectivity index (χ1n) is 9.64. The molecule has 0 spiro atoms. The predicted octanol–water partition coefficient (Wildman–Crippen LogP) is 3.88. The predicted molar refractivity (Wildman–Crippen MR) is 110 cm³/mol. The van der Waals surface area contributed by atoms with Gasteiger partial charge in [0.05, 0.1) is 23.6 Å². The van der Waals surface area contributed by atoms with Gasteiger partial charge >= 0.3 is 0 Å². The normalized spacial score (nSPS) is 11.1. The number of amides is 1. The van der Waals surface area contributed by atoms with Crippen LogP contribution in [0.25, 0.3) is 33.9 Å². The first-order chi connectivity index (χ1) is 14.3. The van der Waals surface area contributed by atoms with Gasteiger partial charge in [-0.3, -0.25) is 4.79 Å². The van der Waals surface area contributed by atoms with E-state index in [1.165, 1.54) is 0 Å². The molecule has 0 saturated heterocycles. The van der Waals surface area contributed by atoms with Crippen LogP contribution in [0.3, 0.4) is 0 Å². The number of hydrogen-bond acceptors (Lipinski definition) is 6. The Kier molecular flexibility index (Phi) is 5.67. The number of aromatic nitrogens is 2. The van der Waals surface area contributed by atoms with E-state index in [0.29, 0.717) is 46.0 Å². The van der Waals surface area contributed by atoms with E-state index in [1.807, 2.05) is 12.1 Å². The van der Waals surface area contributed by atoms with Crippen LogP contribution in [0.2, 0.25) is 0 Å². The van der Waals surface area contributed by atoms with Crippen molar-refractivity contribution in [2.45, 2.75) is 13.3 Å². The molecule has 0 saturated carbocycles. The fourth-order valence-corrected chi connectivity index (χ4v) is 3.06. The van der Waals surface area contributed by atoms with Crippen molar-refractivity contribution in [3.05, 3.63) is 60.6 Å². The zero-order chi connectivity index (χ0) is 20.1. The Morgan fingerprint density at radius 3 is 2.24 bits per heavy atom. The van der Waals surface area contributed by atoms with E-state index >= 15 is 0 Å². The molecule has 0 unspecified atom stereocenters. The number of hydrogen-bond donors (Lipinski definition) is 2. The van der Waals surface area contributed by atoms with Crippen molar-refractivity contribution in [2.75, 3.05) is 19.6 Å². The summed E-state index contributed by atoms with van der Waals surface area (Å²) in [6.45, 7) is 4.48. The summed E-state index contributed by atoms with van der Waals surface area (Å²) in [5.41, 5.74) is 3.01. The maximum atomic E-state index is 12.5. The molecule has 7 heteroatoms. The van der Waals surface area contributed by atoms with Gasteiger partial charge in [0.25, 0.3) is 5.91 Å². The largest absolute Gasteiger partial charge is 0.463 e. The second kappa shape index (κ2) is 8.70. The van der Waals surface area contributed by atoms with Crippen molar-refractivity contribution < 1.29 is 13.6 Å². The van der Waals surface area contributed by atoms with Crippen molar-refractivity contribution in [3.8, 4) is 22.9 Å². The molecule has 148 valence electrons. The molecule has 3 heterocycles. The summed E-state index contributed by atoms with van der Waals surface area (Å²) in [5, 5.41) is 6.17. The van der Waals surface area contributed by atoms with Crippen LogP contribution in [-0.2, 0) is 0 Å². The van der Waals surface area contributed by atoms with Gasteiger partial charge in [0, 0.05) is 12.1 Å². The van der Waals surface area contributed by atoms with E-state index < -0.39 is 0 Å². The molecule has 3 aromatic heterocycles. The lowest BCUT2D eigenvalue weighted by Gasteiger charge is -2.09. The summed E-state index contributed by atoms with van der Waals surface area (Å²) < 4.78 is 11.1. The van der Waals surface area contributed by atoms with Crippen LogP contribution in [0.5, 0.6) is 0 Å². The summed E-state index contributed by atoms with van der Waals surface area (Å²) in [7, 11) is 0. The second-order valence-corrected chi connectivity index (χ2v) is 6.54. The Balaban J connectivity index is 1.65. The number of nitrogens with zero attached hydrogens (tertiary/aromatic N) is 2. The molecule has 0 aliphatic carbocycles. The summed E-state index contributed by atoms with van der Waals surface area (Å²) in [5.74, 6) is 1.07. The van der Waals surface area contributed by atoms with Crippen LogP contribution < -0.4 is 10.6 Å². The van der Waals surface area contributed by atoms with Gasteiger partial charge in [-0.2, -0.15) is 0 Å². The molecule has 29 heavy (non-hydrogen) atoms. The fourth-order valence-electron chi connectivity index (χ4n) is 3.06. The highest BCUT2D eigenvalue weighted by Crippen LogP contribution is 2.31. The maximum Gasteiger partial charge on any atom is 0.251 e. The number of fused-ring (bicyclic) bond motifs is 1. The van der Waals surface area contributed by atoms with Gasteiger partial charge in [0.1, 0.15) is 11.4 Å². The SMILES string of the molecule is CCNCCCNC(=O)c1ccc2nc(-c3ccco3)c(-c3ccco3)nc2c1. The Labute approximate surface area is 168 Å². The Morgan fingerprint density at radius 2 is 1.62 bits per heavy atom. The van der Waals surface area contributed by atoms with E-state index in [0.717, 1.165) is 19.5 Å². The molecular formula is C22H22N4O3. The van der Waals surface area contributed by atoms with Gasteiger partial charge in [-0.1, -0.05) is 6.92 Å². The van der Waals surface area contributed by atoms with Crippen LogP contribution in [0, 0.1) is 0 Å². The summed E-state index contributed by atoms with van der Waals surface area (Å²) in [4.78, 5) is 21.9. The van der Waals surface area contributed by atoms with Gasteiger partial charge < -0.3 is 19.5 Å². The number of benzene rings is 1. The Hall–Kier alpha value is -3.45. The molecule has 0 radical (unpaired) electrons. The van der Waals surface area contributed by atoms with Crippen LogP contribution in [0.4, 0.5) is 0 Å². The van der Waals surface area contributed by atoms with Crippen LogP contribution >= 0.6 is 0 Å². The van der Waals surface area contributed by atoms with E-state index in [4.69, 9.17) is 18.8 Å². The minimum Gasteiger partial charge on any atom is -0.463 e. The molecular weight excluding hydrogens is 368 g/mol. The standard InChI is InChI=1S/C22H22N4O3/c1-2-23-10-5-11-24-22(27)15-8-9-16-17(14-15)26-21(19-7-4-13-29-19)20(25-16)18-6-3-12-28-18/h3-4,6-9,12-14,23H,2,5,10-11H2,1H3,(H,24,27). The molecule has 4 rings (SSSR count). The Bertz CT molecular complexity index is 1090. The van der Waals surface area contributed by atoms with E-state index in [9.17, 15) is 4.79 Å². The molecule has 0 bridgehead atoms. The van der Waals surface area contributed by atoms with Crippen molar-refractivity contribution in [3.63, 3.8) is 0 Å². The number of carbonyl (C=O) groups is 1. The number of carbonyl (C=O) groups excluding carboxylic acids is 1. The fraction of sp³-hybridized carbons (Fsp3) is 0.227. The lowest BCUT2D eigenvalue weighted by molar-refractivity contribution is 0.0953. The lowest BCUT2D eigenvalue weighted by Crippen LogP contribution is -2.27. The zero-order valence-corrected chi connectivity index (χ0v) is 16.1. The van der Waals surface area contributed by atoms with E-state index in [1.54, 1.807) is 42.9 Å². The van der Waals surface area contributed by atoms with Crippen LogP contribution in [-0.4, -0.2) is 35.5 Å². The molecule has 7 nitrogen and oxygen atoms in total. The smallest absolute Gasteiger partial charge is 0.251 e. The third-order valence-electron chi connectivity index (χ3n) is 4.50. The van der Waals surface area contributed by atoms with Crippen molar-refractivity contribution >= 4 is 16.9 Å². The van der Waals surface area contributed by atoms with Crippen molar-refractivity contribution in [2.24, 2.45) is 0 Å². The van der Waals surface area contributed by atoms with Gasteiger partial charge in [0.15, 0.2) is 11.5 Å². The summed E-state index contributed by atoms with van der Waals surface area (Å²) >= 11 is 0. The third-order valence-corrected chi connectivity index (χ3v) is 4.50. The minimum atomic E-state index is -0.125. The average molecular weight is 390 g/mol. The number of nitrogens with one attached hydrogen (secondary N) is 2. The molecule has 0 atom stereocenters. The highest BCUT2D eigenvalue weighted by atomic mass is 16.3. The third kappa shape index (κ3) is 4.20. The first kappa shape index (κ1) is 18.9. The number of rotatable bonds is 8. The zero-order valence-electron chi connectivity index (χ0n) is 16.1. The van der Waals surface area contributed by atoms with Gasteiger partial charge in [0.2, 0.25) is 0 Å². The van der Waals surface area contributed by atoms with E-state index in [2.05, 4.69) is 17.6 Å². The molecule has 0 fully saturated rings. The highest BCUT2D eigenvalue weighted by Gasteiger charge is 2.18. The molecule has 1 amide bonds. The molecule has 2 N–H and O–H groups in total. The average Bonchev–Trinajstić information content (AvgIpc) is 3.46. The molecule has 0 aliphatic rings. The van der Waals surface area contributed by atoms with Gasteiger partial charge in [-0.15, -0.1) is 0 Å². The second-order valence-electron chi connectivity index (χ2n) is 6.54. The molecule has 4 aromatic rings. The first-order valence-corrected chi connectivity index (χ1v) is 9.64. The minimum absolute atomic E-state index is 0.125. The highest BCUT2D eigenvalue weighted by molar-refractivity contribution is 5.97. The number of furan rings is 2. The Morgan fingerprint density at radius 1 is 0.931 bits per heavy atom. The quantitative estimate of drug-likeness (QED) is 0.444. The molecule has 0 aliphatic heterocycles. The lowest BCUT2D eigenvalue weighted by atomic mass is 10.1. The van der Waals surface area contributed by atoms with Gasteiger partial charge in [-0.05, 0) is 62.0 Å². The maximum absolute atomic E-state index is 12.5. The summed E-state index contributed by atoms with van der Waals surface area (Å²) in [6.07, 6.45) is 4.06. The van der Waals surface area contributed by atoms with Crippen LogP contribution in [0.15, 0.2) is 63.8 Å². The monoisotopic (exact) mass is 390 g/mol. The topological polar surface area (TPSA) is 93.2 Å². The molecule has 1 aromatic carbocycles. The van der Waals surface area contributed by atoms with Crippen molar-refractivity contribution in [1.82, 2.24) is 20.6 Å². The summed E-state index contributed by atoms with van der Waals surface area (Å²) in [6, 6.07) is 12.6. The van der Waals surface area contributed by atoms with E-state index in [-0.39, 0.29) is 5.91 Å². The van der Waals surface area contributed by atoms with Gasteiger partial charge in [-0.25, -0.2) is 9.97 Å². The van der Waals surface area contributed by atoms with Crippen LogP contribution in [0.1, 0.15) is 23.7 Å². The van der Waals surface area contributed by atoms with Crippen molar-refractivity contribution in [1.29, 1.82) is 0 Å².